The molecule has 0 aromatic carbocycles. The van der Waals surface area contributed by atoms with Crippen molar-refractivity contribution >= 4 is 41.9 Å². The predicted molar refractivity (Wildman–Crippen MR) is 525 cm³/mol. The number of rotatable bonds is 5. The van der Waals surface area contributed by atoms with Crippen molar-refractivity contribution in [1.29, 1.82) is 0 Å². The summed E-state index contributed by atoms with van der Waals surface area (Å²) in [5.74, 6) is 6.01. The Kier molecular flexibility index (Phi) is 61.0. The van der Waals surface area contributed by atoms with E-state index in [2.05, 4.69) is 369 Å². The summed E-state index contributed by atoms with van der Waals surface area (Å²) < 4.78 is 56.5. The van der Waals surface area contributed by atoms with Crippen LogP contribution in [0.25, 0.3) is 24.3 Å². The first-order valence-corrected chi connectivity index (χ1v) is 41.2. The molecule has 0 saturated heterocycles. The minimum Gasteiger partial charge on any atom is -0.345 e. The number of terminal acetylenes is 2. The molecule has 19 nitrogen and oxygen atoms in total. The van der Waals surface area contributed by atoms with Crippen LogP contribution in [0, 0.1) is 69.1 Å². The summed E-state index contributed by atoms with van der Waals surface area (Å²) in [6, 6.07) is 8.25. The van der Waals surface area contributed by atoms with Crippen molar-refractivity contribution in [3.05, 3.63) is 220 Å². The Hall–Kier alpha value is -10.6. The summed E-state index contributed by atoms with van der Waals surface area (Å²) in [5, 5.41) is 23.9. The molecule has 0 atom stereocenters. The van der Waals surface area contributed by atoms with E-state index in [0.717, 1.165) is 35.3 Å². The molecular formula is C100H165F4N19. The number of aromatic amines is 3. The van der Waals surface area contributed by atoms with Crippen molar-refractivity contribution in [2.75, 3.05) is 13.1 Å². The molecule has 0 saturated carbocycles. The topological polar surface area (TPSA) is 212 Å². The average Bonchev–Trinajstić information content (AvgIpc) is 1.78. The summed E-state index contributed by atoms with van der Waals surface area (Å²) in [7, 11) is 0. The lowest BCUT2D eigenvalue weighted by Crippen LogP contribution is -2.22. The molecule has 0 radical (unpaired) electrons. The number of hydrogen-bond donors (Lipinski definition) is 3. The lowest BCUT2D eigenvalue weighted by Gasteiger charge is -2.22. The van der Waals surface area contributed by atoms with Gasteiger partial charge < -0.3 is 14.1 Å². The van der Waals surface area contributed by atoms with E-state index in [1.54, 1.807) is 84.4 Å². The fraction of sp³-hybridized carbons (Fsp3) is 0.530. The Balaban J connectivity index is -0.000000298. The Morgan fingerprint density at radius 3 is 1.05 bits per heavy atom. The average molecular weight is 1710 g/mol. The van der Waals surface area contributed by atoms with Gasteiger partial charge in [0.2, 0.25) is 17.9 Å². The van der Waals surface area contributed by atoms with Crippen molar-refractivity contribution in [1.82, 2.24) is 78.8 Å². The van der Waals surface area contributed by atoms with Crippen LogP contribution in [0.15, 0.2) is 189 Å². The van der Waals surface area contributed by atoms with E-state index in [9.17, 15) is 17.6 Å². The lowest BCUT2D eigenvalue weighted by atomic mass is 10.0. The van der Waals surface area contributed by atoms with Gasteiger partial charge in [-0.1, -0.05) is 217 Å². The van der Waals surface area contributed by atoms with Gasteiger partial charge in [0.1, 0.15) is 17.3 Å². The normalized spacial score (nSPS) is 12.1. The first kappa shape index (κ1) is 123. The van der Waals surface area contributed by atoms with Crippen molar-refractivity contribution in [2.45, 2.75) is 304 Å². The van der Waals surface area contributed by atoms with Gasteiger partial charge in [-0.25, -0.2) is 19.9 Å². The lowest BCUT2D eigenvalue weighted by molar-refractivity contribution is 0.342. The number of allylic oxidation sites excluding steroid dienone is 4. The van der Waals surface area contributed by atoms with Crippen molar-refractivity contribution < 1.29 is 17.6 Å². The molecule has 3 aliphatic rings. The van der Waals surface area contributed by atoms with E-state index in [0.29, 0.717) is 57.0 Å². The van der Waals surface area contributed by atoms with Gasteiger partial charge in [-0.15, -0.1) is 17.9 Å². The van der Waals surface area contributed by atoms with Crippen molar-refractivity contribution in [2.24, 2.45) is 47.5 Å². The van der Waals surface area contributed by atoms with Crippen LogP contribution in [0.2, 0.25) is 0 Å². The van der Waals surface area contributed by atoms with Crippen LogP contribution < -0.4 is 0 Å². The number of hydrogen-bond acceptors (Lipinski definition) is 11. The molecule has 0 unspecified atom stereocenters. The minimum atomic E-state index is -0.421. The number of aliphatic imine (C=N–C) groups is 3. The molecule has 11 heterocycles. The second-order valence-corrected chi connectivity index (χ2v) is 42.1. The molecular weight excluding hydrogens is 1540 g/mol. The molecule has 23 heteroatoms. The molecule has 0 bridgehead atoms. The molecule has 8 aromatic rings. The summed E-state index contributed by atoms with van der Waals surface area (Å²) in [4.78, 5) is 25.6. The van der Waals surface area contributed by atoms with E-state index in [1.807, 2.05) is 89.8 Å². The highest BCUT2D eigenvalue weighted by Crippen LogP contribution is 2.19. The number of imidazole rings is 3. The Morgan fingerprint density at radius 2 is 0.846 bits per heavy atom. The minimum absolute atomic E-state index is 0.0229. The van der Waals surface area contributed by atoms with E-state index in [4.69, 9.17) is 12.8 Å². The first-order valence-electron chi connectivity index (χ1n) is 41.2. The van der Waals surface area contributed by atoms with Crippen LogP contribution >= 0.6 is 0 Å². The van der Waals surface area contributed by atoms with Gasteiger partial charge in [-0.2, -0.15) is 38.0 Å². The van der Waals surface area contributed by atoms with E-state index in [1.165, 1.54) is 30.6 Å². The fourth-order valence-electron chi connectivity index (χ4n) is 6.46. The standard InChI is InChI=1S/C9H14N2.C9H12N2.C9H14N2.C9H12N2.C7H11FN2.C6H7N.2C5H6N2.6C5H12.2C4H4FN.C3H3FN2/c2*1-5-8-10-6-7-11(8)9(2,3)4;2*1-5-8-6-7-11(10-8)9(2,3)4;1-7(2,3)10-5-4-6(8)9-10;1-2-6-4-3-5-7-6;1-2-5-6-3-4-7-5;1-2-5-3-4-6-7-5;6*1-5(2,3)4;2*5-4-2-1-3-6-4;4-3-1-2-5-6-3/h5-7H,1H2,2-4H3;1,6-7H,2-4H3;5-7H,1H2,2-4H3;1,6-7H,2-4H3;4-5H,1-3H3;2-4H,1,5H2;2*2-4H,1H2,(H,6,7);6*1-4H3;1,3H,2H2;1-2H,3H2;1-2H,(H,5,6). The van der Waals surface area contributed by atoms with Crippen molar-refractivity contribution in [3.63, 3.8) is 0 Å². The van der Waals surface area contributed by atoms with Gasteiger partial charge in [0, 0.05) is 97.8 Å². The maximum absolute atomic E-state index is 12.3. The quantitative estimate of drug-likeness (QED) is 0.111. The molecule has 3 N–H and O–H groups in total. The highest BCUT2D eigenvalue weighted by Gasteiger charge is 2.18. The van der Waals surface area contributed by atoms with Gasteiger partial charge in [0.15, 0.2) is 11.8 Å². The summed E-state index contributed by atoms with van der Waals surface area (Å²) in [6.07, 6.45) is 49.0. The molecule has 0 aliphatic carbocycles. The van der Waals surface area contributed by atoms with Crippen LogP contribution in [0.5, 0.6) is 0 Å². The van der Waals surface area contributed by atoms with Crippen LogP contribution in [0.3, 0.4) is 0 Å². The van der Waals surface area contributed by atoms with Crippen LogP contribution in [-0.4, -0.2) is 110 Å². The monoisotopic (exact) mass is 1710 g/mol. The molecule has 0 amide bonds. The van der Waals surface area contributed by atoms with Gasteiger partial charge in [-0.3, -0.25) is 34.2 Å². The zero-order valence-corrected chi connectivity index (χ0v) is 83.6. The van der Waals surface area contributed by atoms with Crippen LogP contribution in [0.4, 0.5) is 17.6 Å². The van der Waals surface area contributed by atoms with Crippen LogP contribution in [-0.2, 0) is 27.7 Å². The third-order valence-electron chi connectivity index (χ3n) is 11.2. The Bertz CT molecular complexity index is 4150. The molecule has 0 spiro atoms. The molecule has 688 valence electrons. The number of H-pyrrole nitrogens is 3. The maximum atomic E-state index is 12.3. The molecule has 8 aromatic heterocycles. The third-order valence-corrected chi connectivity index (χ3v) is 11.2. The number of halogens is 4. The SMILES string of the molecule is C#Cc1ccn(C(C)(C)C)n1.C#Cc1nccn1C(C)(C)C.C=CC1=NCC=C1.C=Cc1ccn(C(C)(C)C)n1.C=Cc1ccn[nH]1.C=Cc1ncc[nH]1.C=Cc1nccn1C(C)(C)C.CC(C)(C)C.CC(C)(C)C.CC(C)(C)C.CC(C)(C)C.CC(C)(C)C.CC(C)(C)C.CC(C)(C)n1ccc(F)n1.FC1=NC=CC1.FC1=NCC=C1.Fc1ccn[nH]1. The maximum Gasteiger partial charge on any atom is 0.232 e. The largest absolute Gasteiger partial charge is 0.345 e. The Morgan fingerprint density at radius 1 is 0.407 bits per heavy atom. The molecule has 11 rings (SSSR count). The molecule has 123 heavy (non-hydrogen) atoms. The predicted octanol–water partition coefficient (Wildman–Crippen LogP) is 27.9. The van der Waals surface area contributed by atoms with Crippen molar-refractivity contribution in [3.8, 4) is 24.7 Å². The van der Waals surface area contributed by atoms with Gasteiger partial charge >= 0.3 is 0 Å². The summed E-state index contributed by atoms with van der Waals surface area (Å²) in [5.41, 5.74) is 6.68. The fourth-order valence-corrected chi connectivity index (χ4v) is 6.46. The number of nitrogens with one attached hydrogen (secondary N) is 3. The summed E-state index contributed by atoms with van der Waals surface area (Å²) in [6.45, 7) is 103. The zero-order valence-electron chi connectivity index (χ0n) is 83.6. The number of aromatic nitrogens is 16. The second kappa shape index (κ2) is 60.9. The Labute approximate surface area is 744 Å². The number of nitrogens with zero attached hydrogens (tertiary/aromatic N) is 16. The first-order chi connectivity index (χ1) is 55.7. The highest BCUT2D eigenvalue weighted by molar-refractivity contribution is 6.04. The van der Waals surface area contributed by atoms with E-state index >= 15 is 0 Å². The van der Waals surface area contributed by atoms with Gasteiger partial charge in [-0.05, 0) is 209 Å². The highest BCUT2D eigenvalue weighted by atomic mass is 19.1. The smallest absolute Gasteiger partial charge is 0.232 e. The molecule has 0 fully saturated rings. The van der Waals surface area contributed by atoms with Gasteiger partial charge in [0.05, 0.1) is 53.0 Å². The van der Waals surface area contributed by atoms with Gasteiger partial charge in [0.25, 0.3) is 0 Å². The summed E-state index contributed by atoms with van der Waals surface area (Å²) >= 11 is 0. The zero-order chi connectivity index (χ0) is 97.3. The second-order valence-electron chi connectivity index (χ2n) is 42.1. The molecule has 3 aliphatic heterocycles. The van der Waals surface area contributed by atoms with E-state index in [-0.39, 0.29) is 39.6 Å². The van der Waals surface area contributed by atoms with Crippen LogP contribution in [0.1, 0.15) is 311 Å². The van der Waals surface area contributed by atoms with E-state index < -0.39 is 11.9 Å². The third kappa shape index (κ3) is 89.0.